The second-order valence-electron chi connectivity index (χ2n) is 7.23. The Morgan fingerprint density at radius 1 is 0.970 bits per heavy atom. The maximum atomic E-state index is 13.7. The second-order valence-corrected chi connectivity index (χ2v) is 7.23. The summed E-state index contributed by atoms with van der Waals surface area (Å²) in [6.07, 6.45) is 1.69. The highest BCUT2D eigenvalue weighted by molar-refractivity contribution is 5.99. The van der Waals surface area contributed by atoms with Crippen LogP contribution in [0.5, 0.6) is 11.6 Å². The number of nitrogens with zero attached hydrogens (tertiary/aromatic N) is 4. The van der Waals surface area contributed by atoms with Crippen LogP contribution in [0.3, 0.4) is 0 Å². The van der Waals surface area contributed by atoms with E-state index in [-0.39, 0.29) is 5.69 Å². The fourth-order valence-electron chi connectivity index (χ4n) is 3.03. The van der Waals surface area contributed by atoms with Crippen LogP contribution in [0.15, 0.2) is 54.9 Å². The first-order valence-corrected chi connectivity index (χ1v) is 9.96. The molecule has 0 aliphatic heterocycles. The van der Waals surface area contributed by atoms with Crippen molar-refractivity contribution in [1.29, 1.82) is 0 Å². The van der Waals surface area contributed by atoms with E-state index in [1.807, 2.05) is 18.4 Å². The normalized spacial score (nSPS) is 10.7. The summed E-state index contributed by atoms with van der Waals surface area (Å²) < 4.78 is 34.4. The molecule has 0 aliphatic carbocycles. The Morgan fingerprint density at radius 2 is 1.73 bits per heavy atom. The topological polar surface area (TPSA) is 94.0 Å². The minimum atomic E-state index is -0.866. The third kappa shape index (κ3) is 5.12. The molecule has 4 rings (SSSR count). The number of nitrogens with one attached hydrogen (secondary N) is 2. The number of rotatable bonds is 5. The number of amides is 2. The van der Waals surface area contributed by atoms with Crippen LogP contribution in [0.2, 0.25) is 0 Å². The summed E-state index contributed by atoms with van der Waals surface area (Å²) in [7, 11) is 0. The predicted octanol–water partition coefficient (Wildman–Crippen LogP) is 5.30. The first-order chi connectivity index (χ1) is 15.8. The molecule has 2 heterocycles. The second kappa shape index (κ2) is 9.03. The van der Waals surface area contributed by atoms with Crippen molar-refractivity contribution < 1.29 is 18.3 Å². The summed E-state index contributed by atoms with van der Waals surface area (Å²) in [6.45, 7) is 5.64. The maximum absolute atomic E-state index is 13.7. The Hall–Kier alpha value is -4.34. The van der Waals surface area contributed by atoms with Crippen molar-refractivity contribution in [1.82, 2.24) is 19.5 Å². The Labute approximate surface area is 188 Å². The molecule has 2 N–H and O–H groups in total. The third-order valence-electron chi connectivity index (χ3n) is 4.81. The van der Waals surface area contributed by atoms with Gasteiger partial charge in [-0.05, 0) is 57.2 Å². The molecule has 0 radical (unpaired) electrons. The summed E-state index contributed by atoms with van der Waals surface area (Å²) in [6, 6.07) is 10.5. The highest BCUT2D eigenvalue weighted by atomic mass is 19.1. The minimum absolute atomic E-state index is 0.132. The molecule has 0 saturated carbocycles. The zero-order chi connectivity index (χ0) is 23.5. The van der Waals surface area contributed by atoms with Gasteiger partial charge >= 0.3 is 6.03 Å². The third-order valence-corrected chi connectivity index (χ3v) is 4.81. The summed E-state index contributed by atoms with van der Waals surface area (Å²) in [5.41, 5.74) is 2.19. The first kappa shape index (κ1) is 21.9. The van der Waals surface area contributed by atoms with E-state index in [0.29, 0.717) is 35.0 Å². The molecular weight excluding hydrogens is 430 g/mol. The number of anilines is 2. The van der Waals surface area contributed by atoms with Gasteiger partial charge in [0, 0.05) is 23.5 Å². The number of halogens is 2. The molecule has 0 saturated heterocycles. The van der Waals surface area contributed by atoms with Crippen molar-refractivity contribution in [3.63, 3.8) is 0 Å². The Kier molecular flexibility index (Phi) is 5.99. The van der Waals surface area contributed by atoms with Crippen LogP contribution < -0.4 is 15.4 Å². The van der Waals surface area contributed by atoms with Crippen LogP contribution in [0.1, 0.15) is 17.2 Å². The van der Waals surface area contributed by atoms with E-state index in [2.05, 4.69) is 25.6 Å². The molecule has 2 aromatic heterocycles. The monoisotopic (exact) mass is 450 g/mol. The molecule has 168 valence electrons. The van der Waals surface area contributed by atoms with E-state index in [9.17, 15) is 13.6 Å². The first-order valence-electron chi connectivity index (χ1n) is 9.96. The summed E-state index contributed by atoms with van der Waals surface area (Å²) in [4.78, 5) is 25.1. The van der Waals surface area contributed by atoms with Crippen molar-refractivity contribution in [2.75, 3.05) is 10.6 Å². The smallest absolute Gasteiger partial charge is 0.323 e. The van der Waals surface area contributed by atoms with E-state index >= 15 is 0 Å². The number of urea groups is 1. The van der Waals surface area contributed by atoms with E-state index < -0.39 is 17.7 Å². The highest BCUT2D eigenvalue weighted by Crippen LogP contribution is 2.24. The molecule has 0 aliphatic rings. The van der Waals surface area contributed by atoms with Gasteiger partial charge in [0.05, 0.1) is 11.4 Å². The number of aryl methyl sites for hydroxylation is 2. The largest absolute Gasteiger partial charge is 0.439 e. The molecule has 4 aromatic rings. The molecule has 0 unspecified atom stereocenters. The van der Waals surface area contributed by atoms with Gasteiger partial charge in [-0.3, -0.25) is 4.57 Å². The summed E-state index contributed by atoms with van der Waals surface area (Å²) >= 11 is 0. The highest BCUT2D eigenvalue weighted by Gasteiger charge is 2.11. The van der Waals surface area contributed by atoms with Crippen molar-refractivity contribution in [2.45, 2.75) is 20.8 Å². The van der Waals surface area contributed by atoms with Crippen molar-refractivity contribution in [3.05, 3.63) is 83.7 Å². The molecular formula is C23H20F2N6O2. The molecule has 0 bridgehead atoms. The Balaban J connectivity index is 1.43. The number of imidazole rings is 1. The number of ether oxygens (including phenoxy) is 1. The Bertz CT molecular complexity index is 1320. The Morgan fingerprint density at radius 3 is 2.39 bits per heavy atom. The van der Waals surface area contributed by atoms with Crippen molar-refractivity contribution in [3.8, 4) is 17.4 Å². The van der Waals surface area contributed by atoms with Gasteiger partial charge in [-0.15, -0.1) is 0 Å². The minimum Gasteiger partial charge on any atom is -0.439 e. The van der Waals surface area contributed by atoms with Crippen LogP contribution in [0.25, 0.3) is 5.82 Å². The molecule has 0 spiro atoms. The van der Waals surface area contributed by atoms with E-state index in [0.717, 1.165) is 23.5 Å². The number of benzene rings is 2. The predicted molar refractivity (Wildman–Crippen MR) is 119 cm³/mol. The van der Waals surface area contributed by atoms with Gasteiger partial charge in [0.25, 0.3) is 0 Å². The lowest BCUT2D eigenvalue weighted by molar-refractivity contribution is 0.262. The number of aromatic nitrogens is 4. The van der Waals surface area contributed by atoms with Crippen LogP contribution >= 0.6 is 0 Å². The van der Waals surface area contributed by atoms with E-state index in [4.69, 9.17) is 4.74 Å². The van der Waals surface area contributed by atoms with Gasteiger partial charge in [-0.2, -0.15) is 4.98 Å². The summed E-state index contributed by atoms with van der Waals surface area (Å²) in [5.74, 6) is 0.432. The van der Waals surface area contributed by atoms with Crippen molar-refractivity contribution in [2.24, 2.45) is 0 Å². The van der Waals surface area contributed by atoms with E-state index in [1.165, 1.54) is 0 Å². The molecule has 0 atom stereocenters. The molecule has 33 heavy (non-hydrogen) atoms. The number of hydrogen-bond acceptors (Lipinski definition) is 5. The fourth-order valence-corrected chi connectivity index (χ4v) is 3.03. The van der Waals surface area contributed by atoms with Crippen LogP contribution in [-0.4, -0.2) is 25.6 Å². The van der Waals surface area contributed by atoms with Gasteiger partial charge < -0.3 is 15.4 Å². The molecule has 2 amide bonds. The quantitative estimate of drug-likeness (QED) is 0.430. The van der Waals surface area contributed by atoms with Gasteiger partial charge in [0.1, 0.15) is 35.4 Å². The van der Waals surface area contributed by atoms with Crippen LogP contribution in [0, 0.1) is 32.4 Å². The number of hydrogen-bond donors (Lipinski definition) is 2. The zero-order valence-electron chi connectivity index (χ0n) is 18.1. The average molecular weight is 450 g/mol. The molecule has 10 heteroatoms. The van der Waals surface area contributed by atoms with Crippen LogP contribution in [-0.2, 0) is 0 Å². The summed E-state index contributed by atoms with van der Waals surface area (Å²) in [5, 5.41) is 4.90. The number of carbonyl (C=O) groups is 1. The lowest BCUT2D eigenvalue weighted by Gasteiger charge is -2.11. The zero-order valence-corrected chi connectivity index (χ0v) is 18.1. The van der Waals surface area contributed by atoms with Gasteiger partial charge in [0.15, 0.2) is 0 Å². The van der Waals surface area contributed by atoms with Gasteiger partial charge in [-0.1, -0.05) is 0 Å². The standard InChI is InChI=1S/C23H20F2N6O2/c1-13-14(2)31(12-26-13)21-11-22(28-15(3)27-21)33-18-7-5-17(6-8-18)29-23(32)30-20-9-4-16(24)10-19(20)25/h4-12H,1-3H3,(H2,29,30,32). The van der Waals surface area contributed by atoms with Crippen molar-refractivity contribution >= 4 is 17.4 Å². The molecule has 8 nitrogen and oxygen atoms in total. The molecule has 0 fully saturated rings. The van der Waals surface area contributed by atoms with E-state index in [1.54, 1.807) is 43.6 Å². The maximum Gasteiger partial charge on any atom is 0.323 e. The van der Waals surface area contributed by atoms with Crippen LogP contribution in [0.4, 0.5) is 25.0 Å². The number of carbonyl (C=O) groups excluding carboxylic acids is 1. The lowest BCUT2D eigenvalue weighted by Crippen LogP contribution is -2.20. The van der Waals surface area contributed by atoms with Gasteiger partial charge in [-0.25, -0.2) is 23.5 Å². The average Bonchev–Trinajstić information content (AvgIpc) is 3.09. The SMILES string of the molecule is Cc1nc(Oc2ccc(NC(=O)Nc3ccc(F)cc3F)cc2)cc(-n2cnc(C)c2C)n1. The molecule has 2 aromatic carbocycles. The lowest BCUT2D eigenvalue weighted by atomic mass is 10.3. The van der Waals surface area contributed by atoms with Gasteiger partial charge in [0.2, 0.25) is 5.88 Å². The fraction of sp³-hybridized carbons (Fsp3) is 0.130.